The first-order valence-electron chi connectivity index (χ1n) is 8.37. The largest absolute Gasteiger partial charge is 0.313 e. The second kappa shape index (κ2) is 6.38. The van der Waals surface area contributed by atoms with Crippen LogP contribution in [0, 0.1) is 11.8 Å². The van der Waals surface area contributed by atoms with Gasteiger partial charge in [-0.15, -0.1) is 0 Å². The molecule has 1 N–H and O–H groups in total. The summed E-state index contributed by atoms with van der Waals surface area (Å²) in [6.07, 6.45) is 13.3. The predicted molar refractivity (Wildman–Crippen MR) is 76.8 cm³/mol. The third kappa shape index (κ3) is 3.27. The molecule has 0 aromatic carbocycles. The lowest BCUT2D eigenvalue weighted by Gasteiger charge is -2.41. The Morgan fingerprint density at radius 2 is 1.56 bits per heavy atom. The summed E-state index contributed by atoms with van der Waals surface area (Å²) in [5.74, 6) is 2.12. The monoisotopic (exact) mass is 250 g/mol. The topological polar surface area (TPSA) is 15.3 Å². The molecule has 104 valence electrons. The molecule has 2 atom stereocenters. The summed E-state index contributed by atoms with van der Waals surface area (Å²) in [6.45, 7) is 5.28. The normalized spacial score (nSPS) is 34.7. The van der Waals surface area contributed by atoms with Gasteiger partial charge in [-0.1, -0.05) is 32.1 Å². The Bertz CT molecular complexity index is 247. The molecule has 0 spiro atoms. The SMILES string of the molecule is C1CCC(NCCN2CCC3CCCCC3C2)C1. The summed E-state index contributed by atoms with van der Waals surface area (Å²) in [5, 5.41) is 3.76. The first kappa shape index (κ1) is 12.9. The van der Waals surface area contributed by atoms with E-state index in [0.29, 0.717) is 0 Å². The number of nitrogens with one attached hydrogen (secondary N) is 1. The van der Waals surface area contributed by atoms with Gasteiger partial charge in [-0.05, 0) is 44.1 Å². The third-order valence-electron chi connectivity index (χ3n) is 5.59. The lowest BCUT2D eigenvalue weighted by Crippen LogP contribution is -2.45. The van der Waals surface area contributed by atoms with Crippen LogP contribution in [0.3, 0.4) is 0 Å². The lowest BCUT2D eigenvalue weighted by molar-refractivity contribution is 0.0870. The van der Waals surface area contributed by atoms with E-state index in [1.807, 2.05) is 0 Å². The number of piperidine rings is 1. The summed E-state index contributed by atoms with van der Waals surface area (Å²) in [6, 6.07) is 0.845. The van der Waals surface area contributed by atoms with Crippen molar-refractivity contribution in [1.82, 2.24) is 10.2 Å². The van der Waals surface area contributed by atoms with Crippen molar-refractivity contribution in [2.75, 3.05) is 26.2 Å². The van der Waals surface area contributed by atoms with Crippen LogP contribution in [0.2, 0.25) is 0 Å². The van der Waals surface area contributed by atoms with Crippen LogP contribution in [0.1, 0.15) is 57.8 Å². The molecule has 3 fully saturated rings. The highest BCUT2D eigenvalue weighted by Crippen LogP contribution is 2.35. The molecule has 2 saturated carbocycles. The summed E-state index contributed by atoms with van der Waals surface area (Å²) in [5.41, 5.74) is 0. The Morgan fingerprint density at radius 3 is 2.39 bits per heavy atom. The number of hydrogen-bond acceptors (Lipinski definition) is 2. The van der Waals surface area contributed by atoms with Crippen molar-refractivity contribution < 1.29 is 0 Å². The van der Waals surface area contributed by atoms with Crippen LogP contribution in [0.15, 0.2) is 0 Å². The van der Waals surface area contributed by atoms with Gasteiger partial charge < -0.3 is 10.2 Å². The Balaban J connectivity index is 1.35. The van der Waals surface area contributed by atoms with E-state index in [1.54, 1.807) is 0 Å². The van der Waals surface area contributed by atoms with Crippen LogP contribution < -0.4 is 5.32 Å². The second-order valence-corrected chi connectivity index (χ2v) is 6.83. The zero-order valence-corrected chi connectivity index (χ0v) is 11.9. The van der Waals surface area contributed by atoms with Crippen LogP contribution in [0.4, 0.5) is 0 Å². The number of likely N-dealkylation sites (tertiary alicyclic amines) is 1. The van der Waals surface area contributed by atoms with Gasteiger partial charge in [0.15, 0.2) is 0 Å². The molecule has 18 heavy (non-hydrogen) atoms. The van der Waals surface area contributed by atoms with Crippen LogP contribution in [-0.4, -0.2) is 37.1 Å². The summed E-state index contributed by atoms with van der Waals surface area (Å²) >= 11 is 0. The van der Waals surface area contributed by atoms with Gasteiger partial charge in [0.05, 0.1) is 0 Å². The standard InChI is InChI=1S/C16H30N2/c1-2-6-15-13-18(11-9-14(15)5-1)12-10-17-16-7-3-4-8-16/h14-17H,1-13H2. The molecule has 3 rings (SSSR count). The van der Waals surface area contributed by atoms with Crippen molar-refractivity contribution in [1.29, 1.82) is 0 Å². The lowest BCUT2D eigenvalue weighted by atomic mass is 9.75. The molecule has 0 bridgehead atoms. The molecule has 0 aromatic rings. The number of rotatable bonds is 4. The molecule has 0 aromatic heterocycles. The van der Waals surface area contributed by atoms with Crippen molar-refractivity contribution in [3.8, 4) is 0 Å². The fourth-order valence-electron chi connectivity index (χ4n) is 4.44. The van der Waals surface area contributed by atoms with Crippen LogP contribution >= 0.6 is 0 Å². The van der Waals surface area contributed by atoms with Crippen molar-refractivity contribution >= 4 is 0 Å². The minimum Gasteiger partial charge on any atom is -0.313 e. The molecule has 1 heterocycles. The fraction of sp³-hybridized carbons (Fsp3) is 1.00. The summed E-state index contributed by atoms with van der Waals surface area (Å²) in [7, 11) is 0. The van der Waals surface area contributed by atoms with Crippen molar-refractivity contribution in [3.05, 3.63) is 0 Å². The fourth-order valence-corrected chi connectivity index (χ4v) is 4.44. The Labute approximate surface area is 113 Å². The van der Waals surface area contributed by atoms with Crippen molar-refractivity contribution in [2.45, 2.75) is 63.8 Å². The van der Waals surface area contributed by atoms with Crippen molar-refractivity contribution in [3.63, 3.8) is 0 Å². The summed E-state index contributed by atoms with van der Waals surface area (Å²) in [4.78, 5) is 2.73. The van der Waals surface area contributed by atoms with Gasteiger partial charge in [0.2, 0.25) is 0 Å². The highest BCUT2D eigenvalue weighted by atomic mass is 15.1. The minimum atomic E-state index is 0.845. The van der Waals surface area contributed by atoms with Gasteiger partial charge in [-0.2, -0.15) is 0 Å². The first-order valence-corrected chi connectivity index (χ1v) is 8.37. The first-order chi connectivity index (χ1) is 8.92. The van der Waals surface area contributed by atoms with E-state index in [4.69, 9.17) is 0 Å². The molecular formula is C16H30N2. The molecule has 1 saturated heterocycles. The maximum atomic E-state index is 3.76. The molecular weight excluding hydrogens is 220 g/mol. The van der Waals surface area contributed by atoms with E-state index >= 15 is 0 Å². The maximum Gasteiger partial charge on any atom is 0.0107 e. The number of fused-ring (bicyclic) bond motifs is 1. The van der Waals surface area contributed by atoms with Gasteiger partial charge in [-0.25, -0.2) is 0 Å². The van der Waals surface area contributed by atoms with Crippen LogP contribution in [0.25, 0.3) is 0 Å². The average molecular weight is 250 g/mol. The van der Waals surface area contributed by atoms with E-state index in [9.17, 15) is 0 Å². The third-order valence-corrected chi connectivity index (χ3v) is 5.59. The van der Waals surface area contributed by atoms with E-state index in [1.165, 1.54) is 84.0 Å². The molecule has 2 unspecified atom stereocenters. The molecule has 2 aliphatic carbocycles. The Kier molecular flexibility index (Phi) is 4.58. The number of hydrogen-bond donors (Lipinski definition) is 1. The van der Waals surface area contributed by atoms with Gasteiger partial charge in [0.1, 0.15) is 0 Å². The molecule has 2 nitrogen and oxygen atoms in total. The molecule has 0 amide bonds. The highest BCUT2D eigenvalue weighted by Gasteiger charge is 2.30. The summed E-state index contributed by atoms with van der Waals surface area (Å²) < 4.78 is 0. The molecule has 1 aliphatic heterocycles. The molecule has 3 aliphatic rings. The van der Waals surface area contributed by atoms with Crippen LogP contribution in [0.5, 0.6) is 0 Å². The average Bonchev–Trinajstić information content (AvgIpc) is 2.92. The molecule has 0 radical (unpaired) electrons. The van der Waals surface area contributed by atoms with E-state index in [-0.39, 0.29) is 0 Å². The quantitative estimate of drug-likeness (QED) is 0.825. The predicted octanol–water partition coefficient (Wildman–Crippen LogP) is 3.03. The van der Waals surface area contributed by atoms with Gasteiger partial charge >= 0.3 is 0 Å². The van der Waals surface area contributed by atoms with Crippen LogP contribution in [-0.2, 0) is 0 Å². The highest BCUT2D eigenvalue weighted by molar-refractivity contribution is 4.84. The van der Waals surface area contributed by atoms with Gasteiger partial charge in [0, 0.05) is 25.7 Å². The Morgan fingerprint density at radius 1 is 0.833 bits per heavy atom. The zero-order valence-electron chi connectivity index (χ0n) is 11.9. The zero-order chi connectivity index (χ0) is 12.2. The van der Waals surface area contributed by atoms with E-state index in [2.05, 4.69) is 10.2 Å². The Hall–Kier alpha value is -0.0800. The van der Waals surface area contributed by atoms with Gasteiger partial charge in [-0.3, -0.25) is 0 Å². The van der Waals surface area contributed by atoms with E-state index < -0.39 is 0 Å². The molecule has 2 heteroatoms. The minimum absolute atomic E-state index is 0.845. The smallest absolute Gasteiger partial charge is 0.0107 e. The maximum absolute atomic E-state index is 3.76. The van der Waals surface area contributed by atoms with Crippen molar-refractivity contribution in [2.24, 2.45) is 11.8 Å². The second-order valence-electron chi connectivity index (χ2n) is 6.83. The van der Waals surface area contributed by atoms with E-state index in [0.717, 1.165) is 17.9 Å². The van der Waals surface area contributed by atoms with Gasteiger partial charge in [0.25, 0.3) is 0 Å². The number of nitrogens with zero attached hydrogens (tertiary/aromatic N) is 1.